The van der Waals surface area contributed by atoms with Crippen molar-refractivity contribution in [1.82, 2.24) is 19.3 Å². The summed E-state index contributed by atoms with van der Waals surface area (Å²) in [6.07, 6.45) is 1.27. The summed E-state index contributed by atoms with van der Waals surface area (Å²) in [7, 11) is 0. The zero-order valence-corrected chi connectivity index (χ0v) is 19.2. The molecule has 8 heteroatoms. The van der Waals surface area contributed by atoms with E-state index in [4.69, 9.17) is 0 Å². The van der Waals surface area contributed by atoms with Crippen molar-refractivity contribution in [3.05, 3.63) is 96.9 Å². The molecule has 0 spiro atoms. The first-order chi connectivity index (χ1) is 15.7. The number of H-pyrrole nitrogens is 1. The van der Waals surface area contributed by atoms with E-state index in [0.29, 0.717) is 17.1 Å². The van der Waals surface area contributed by atoms with Crippen LogP contribution < -0.4 is 11.2 Å². The maximum absolute atomic E-state index is 12.5. The molecule has 8 nitrogen and oxygen atoms in total. The Morgan fingerprint density at radius 2 is 1.70 bits per heavy atom. The van der Waals surface area contributed by atoms with Crippen LogP contribution in [0.25, 0.3) is 11.4 Å². The third kappa shape index (κ3) is 3.91. The van der Waals surface area contributed by atoms with Crippen molar-refractivity contribution in [2.75, 3.05) is 0 Å². The van der Waals surface area contributed by atoms with E-state index in [9.17, 15) is 14.7 Å². The van der Waals surface area contributed by atoms with Gasteiger partial charge in [-0.05, 0) is 69.5 Å². The number of aliphatic imine (C=N–C) groups is 1. The molecule has 168 valence electrons. The summed E-state index contributed by atoms with van der Waals surface area (Å²) in [6.45, 7) is 9.63. The first-order valence-corrected chi connectivity index (χ1v) is 10.5. The lowest BCUT2D eigenvalue weighted by molar-refractivity contribution is 0.430. The third-order valence-electron chi connectivity index (χ3n) is 5.79. The largest absolute Gasteiger partial charge is 0.493 e. The Hall–Kier alpha value is -4.20. The molecule has 0 atom stereocenters. The number of nitrogens with zero attached hydrogens (tertiary/aromatic N) is 4. The first kappa shape index (κ1) is 22.0. The maximum atomic E-state index is 12.5. The van der Waals surface area contributed by atoms with Gasteiger partial charge in [0.2, 0.25) is 5.88 Å². The van der Waals surface area contributed by atoms with Crippen LogP contribution in [0.3, 0.4) is 0 Å². The molecule has 0 saturated heterocycles. The predicted octanol–water partition coefficient (Wildman–Crippen LogP) is 3.71. The molecule has 0 unspecified atom stereocenters. The van der Waals surface area contributed by atoms with Gasteiger partial charge in [-0.25, -0.2) is 14.0 Å². The topological polar surface area (TPSA) is 105 Å². The first-order valence-electron chi connectivity index (χ1n) is 10.5. The molecule has 0 amide bonds. The highest BCUT2D eigenvalue weighted by Crippen LogP contribution is 2.27. The molecular weight excluding hydrogens is 418 g/mol. The lowest BCUT2D eigenvalue weighted by Gasteiger charge is -2.11. The molecule has 0 aliphatic heterocycles. The van der Waals surface area contributed by atoms with Crippen molar-refractivity contribution in [3.63, 3.8) is 0 Å². The Morgan fingerprint density at radius 1 is 0.970 bits per heavy atom. The molecule has 0 radical (unpaired) electrons. The van der Waals surface area contributed by atoms with Crippen molar-refractivity contribution >= 4 is 11.9 Å². The number of benzene rings is 2. The van der Waals surface area contributed by atoms with Gasteiger partial charge in [-0.2, -0.15) is 5.10 Å². The molecule has 0 fully saturated rings. The molecule has 2 aromatic carbocycles. The van der Waals surface area contributed by atoms with Crippen LogP contribution in [-0.2, 0) is 0 Å². The summed E-state index contributed by atoms with van der Waals surface area (Å²) >= 11 is 0. The smallest absolute Gasteiger partial charge is 0.335 e. The van der Waals surface area contributed by atoms with E-state index in [1.54, 1.807) is 16.8 Å². The fourth-order valence-electron chi connectivity index (χ4n) is 3.75. The normalized spacial score (nSPS) is 11.4. The van der Waals surface area contributed by atoms with Crippen molar-refractivity contribution in [2.24, 2.45) is 4.99 Å². The van der Waals surface area contributed by atoms with E-state index in [1.807, 2.05) is 52.0 Å². The molecule has 2 heterocycles. The second-order valence-corrected chi connectivity index (χ2v) is 8.08. The van der Waals surface area contributed by atoms with E-state index >= 15 is 0 Å². The summed E-state index contributed by atoms with van der Waals surface area (Å²) in [6, 6.07) is 13.2. The van der Waals surface area contributed by atoms with Crippen LogP contribution in [0.1, 0.15) is 33.6 Å². The monoisotopic (exact) mass is 443 g/mol. The van der Waals surface area contributed by atoms with E-state index in [2.05, 4.69) is 28.1 Å². The second kappa shape index (κ2) is 8.38. The zero-order valence-electron chi connectivity index (χ0n) is 19.2. The fraction of sp³-hybridized carbons (Fsp3) is 0.200. The second-order valence-electron chi connectivity index (χ2n) is 8.08. The van der Waals surface area contributed by atoms with Crippen LogP contribution in [0.5, 0.6) is 5.88 Å². The number of aryl methyl sites for hydroxylation is 4. The molecular formula is C25H25N5O3. The van der Waals surface area contributed by atoms with Crippen LogP contribution in [0.15, 0.2) is 57.0 Å². The summed E-state index contributed by atoms with van der Waals surface area (Å²) in [5, 5.41) is 15.4. The molecule has 0 aliphatic rings. The number of aromatic amines is 1. The number of hydrogen-bond acceptors (Lipinski definition) is 5. The van der Waals surface area contributed by atoms with Gasteiger partial charge in [-0.15, -0.1) is 0 Å². The highest BCUT2D eigenvalue weighted by atomic mass is 16.3. The Morgan fingerprint density at radius 3 is 2.39 bits per heavy atom. The number of nitrogens with one attached hydrogen (secondary N) is 1. The molecule has 2 N–H and O–H groups in total. The maximum Gasteiger partial charge on any atom is 0.335 e. The summed E-state index contributed by atoms with van der Waals surface area (Å²) in [5.74, 6) is -0.473. The van der Waals surface area contributed by atoms with Gasteiger partial charge in [0, 0.05) is 6.21 Å². The Bertz CT molecular complexity index is 1520. The zero-order chi connectivity index (χ0) is 23.9. The van der Waals surface area contributed by atoms with Gasteiger partial charge in [0.15, 0.2) is 0 Å². The minimum Gasteiger partial charge on any atom is -0.493 e. The third-order valence-corrected chi connectivity index (χ3v) is 5.79. The molecule has 33 heavy (non-hydrogen) atoms. The summed E-state index contributed by atoms with van der Waals surface area (Å²) in [4.78, 5) is 31.7. The van der Waals surface area contributed by atoms with Gasteiger partial charge < -0.3 is 5.11 Å². The standard InChI is InChI=1S/C25H25N5O3/c1-14-10-11-19(12-16(14)3)30-18(5)22(17(4)28-30)26-13-20-23(31)27-25(33)29(24(20)32)21-9-7-6-8-15(21)2/h6-13,32H,1-5H3,(H,27,31,33). The average molecular weight is 444 g/mol. The number of hydrogen-bond donors (Lipinski definition) is 2. The van der Waals surface area contributed by atoms with Gasteiger partial charge in [0.05, 0.1) is 22.8 Å². The molecule has 4 rings (SSSR count). The number of aromatic hydroxyl groups is 1. The Labute approximate surface area is 190 Å². The minimum absolute atomic E-state index is 0.115. The Balaban J connectivity index is 1.81. The molecule has 0 saturated carbocycles. The van der Waals surface area contributed by atoms with Gasteiger partial charge in [0.25, 0.3) is 5.56 Å². The van der Waals surface area contributed by atoms with Crippen molar-refractivity contribution in [1.29, 1.82) is 0 Å². The molecule has 0 aliphatic carbocycles. The molecule has 0 bridgehead atoms. The SMILES string of the molecule is Cc1ccc(-n2nc(C)c(N=Cc3c(O)n(-c4ccccc4C)c(=O)[nH]c3=O)c2C)cc1C. The van der Waals surface area contributed by atoms with Crippen molar-refractivity contribution < 1.29 is 5.11 Å². The highest BCUT2D eigenvalue weighted by Gasteiger charge is 2.17. The molecule has 2 aromatic heterocycles. The van der Waals surface area contributed by atoms with Gasteiger partial charge in [-0.3, -0.25) is 14.8 Å². The summed E-state index contributed by atoms with van der Waals surface area (Å²) in [5.41, 5.74) is 4.98. The van der Waals surface area contributed by atoms with E-state index in [-0.39, 0.29) is 5.56 Å². The number of rotatable bonds is 4. The van der Waals surface area contributed by atoms with Gasteiger partial charge in [0.1, 0.15) is 11.3 Å². The van der Waals surface area contributed by atoms with Crippen LogP contribution in [0.2, 0.25) is 0 Å². The minimum atomic E-state index is -0.723. The average Bonchev–Trinajstić information content (AvgIpc) is 3.05. The quantitative estimate of drug-likeness (QED) is 0.469. The van der Waals surface area contributed by atoms with Crippen molar-refractivity contribution in [2.45, 2.75) is 34.6 Å². The summed E-state index contributed by atoms with van der Waals surface area (Å²) < 4.78 is 2.86. The van der Waals surface area contributed by atoms with Crippen LogP contribution in [0.4, 0.5) is 5.69 Å². The van der Waals surface area contributed by atoms with Crippen molar-refractivity contribution in [3.8, 4) is 17.3 Å². The predicted molar refractivity (Wildman–Crippen MR) is 129 cm³/mol. The Kier molecular flexibility index (Phi) is 5.59. The highest BCUT2D eigenvalue weighted by molar-refractivity contribution is 5.85. The van der Waals surface area contributed by atoms with Crippen LogP contribution >= 0.6 is 0 Å². The van der Waals surface area contributed by atoms with E-state index in [1.165, 1.54) is 11.8 Å². The van der Waals surface area contributed by atoms with Crippen LogP contribution in [0, 0.1) is 34.6 Å². The lowest BCUT2D eigenvalue weighted by Crippen LogP contribution is -2.31. The van der Waals surface area contributed by atoms with Gasteiger partial charge >= 0.3 is 5.69 Å². The fourth-order valence-corrected chi connectivity index (χ4v) is 3.75. The molecule has 4 aromatic rings. The van der Waals surface area contributed by atoms with E-state index in [0.717, 1.165) is 27.1 Å². The number of aromatic nitrogens is 4. The van der Waals surface area contributed by atoms with E-state index < -0.39 is 17.1 Å². The number of para-hydroxylation sites is 1. The lowest BCUT2D eigenvalue weighted by atomic mass is 10.1. The van der Waals surface area contributed by atoms with Gasteiger partial charge in [-0.1, -0.05) is 24.3 Å². The van der Waals surface area contributed by atoms with Crippen LogP contribution in [-0.4, -0.2) is 30.7 Å².